The van der Waals surface area contributed by atoms with E-state index in [0.29, 0.717) is 12.1 Å². The van der Waals surface area contributed by atoms with Crippen molar-refractivity contribution in [1.29, 1.82) is 0 Å². The first kappa shape index (κ1) is 12.6. The number of rotatable bonds is 4. The number of aryl methyl sites for hydroxylation is 1. The molecule has 0 unspecified atom stereocenters. The van der Waals surface area contributed by atoms with E-state index in [4.69, 9.17) is 10.2 Å². The minimum atomic E-state index is -0.370. The van der Waals surface area contributed by atoms with Gasteiger partial charge in [0.25, 0.3) is 0 Å². The van der Waals surface area contributed by atoms with Crippen LogP contribution >= 0.6 is 0 Å². The van der Waals surface area contributed by atoms with E-state index in [2.05, 4.69) is 4.98 Å². The van der Waals surface area contributed by atoms with Gasteiger partial charge in [0, 0.05) is 25.4 Å². The summed E-state index contributed by atoms with van der Waals surface area (Å²) in [5.41, 5.74) is 5.93. The quantitative estimate of drug-likeness (QED) is 0.902. The average Bonchev–Trinajstić information content (AvgIpc) is 2.75. The molecule has 0 spiro atoms. The predicted octanol–water partition coefficient (Wildman–Crippen LogP) is 2.22. The Bertz CT molecular complexity index is 539. The molecular formula is C13H16FN3O. The highest BCUT2D eigenvalue weighted by atomic mass is 19.1. The number of pyridine rings is 1. The lowest BCUT2D eigenvalue weighted by Crippen LogP contribution is -2.19. The van der Waals surface area contributed by atoms with E-state index in [1.165, 1.54) is 0 Å². The third kappa shape index (κ3) is 2.51. The number of hydrogen-bond acceptors (Lipinski definition) is 4. The smallest absolute Gasteiger partial charge is 0.170 e. The lowest BCUT2D eigenvalue weighted by atomic mass is 10.2. The summed E-state index contributed by atoms with van der Waals surface area (Å²) in [7, 11) is 1.77. The van der Waals surface area contributed by atoms with Crippen molar-refractivity contribution >= 4 is 5.82 Å². The molecule has 2 heterocycles. The number of hydrogen-bond donors (Lipinski definition) is 1. The molecule has 0 saturated carbocycles. The number of furan rings is 1. The van der Waals surface area contributed by atoms with E-state index < -0.39 is 0 Å². The molecule has 0 aromatic carbocycles. The Balaban J connectivity index is 2.21. The van der Waals surface area contributed by atoms with Crippen LogP contribution in [0, 0.1) is 12.7 Å². The third-order valence-corrected chi connectivity index (χ3v) is 2.72. The second kappa shape index (κ2) is 5.18. The van der Waals surface area contributed by atoms with Crippen LogP contribution in [0.1, 0.15) is 17.1 Å². The number of halogens is 1. The monoisotopic (exact) mass is 249 g/mol. The summed E-state index contributed by atoms with van der Waals surface area (Å²) in [6.07, 6.45) is 1.56. The van der Waals surface area contributed by atoms with E-state index in [1.807, 2.05) is 19.1 Å². The molecule has 18 heavy (non-hydrogen) atoms. The molecule has 2 aromatic rings. The summed E-state index contributed by atoms with van der Waals surface area (Å²) in [4.78, 5) is 5.74. The van der Waals surface area contributed by atoms with Crippen LogP contribution in [0.2, 0.25) is 0 Å². The summed E-state index contributed by atoms with van der Waals surface area (Å²) < 4.78 is 19.5. The molecule has 0 radical (unpaired) electrons. The van der Waals surface area contributed by atoms with Crippen LogP contribution in [-0.2, 0) is 13.1 Å². The molecule has 0 aliphatic carbocycles. The summed E-state index contributed by atoms with van der Waals surface area (Å²) in [6, 6.07) is 5.34. The van der Waals surface area contributed by atoms with Crippen molar-refractivity contribution < 1.29 is 8.81 Å². The molecule has 0 saturated heterocycles. The van der Waals surface area contributed by atoms with Gasteiger partial charge in [-0.05, 0) is 25.1 Å². The van der Waals surface area contributed by atoms with Gasteiger partial charge < -0.3 is 15.1 Å². The van der Waals surface area contributed by atoms with Crippen molar-refractivity contribution in [2.24, 2.45) is 5.73 Å². The van der Waals surface area contributed by atoms with Gasteiger partial charge in [0.1, 0.15) is 11.5 Å². The van der Waals surface area contributed by atoms with Crippen LogP contribution in [0.3, 0.4) is 0 Å². The summed E-state index contributed by atoms with van der Waals surface area (Å²) in [5.74, 6) is 1.52. The van der Waals surface area contributed by atoms with Crippen LogP contribution in [0.15, 0.2) is 28.8 Å². The number of aromatic nitrogens is 1. The minimum absolute atomic E-state index is 0.162. The second-order valence-electron chi connectivity index (χ2n) is 4.18. The van der Waals surface area contributed by atoms with E-state index in [1.54, 1.807) is 24.2 Å². The van der Waals surface area contributed by atoms with E-state index in [0.717, 1.165) is 11.5 Å². The number of anilines is 1. The first-order valence-corrected chi connectivity index (χ1v) is 5.71. The Morgan fingerprint density at radius 2 is 2.17 bits per heavy atom. The standard InChI is InChI=1S/C13H16FN3O/c1-9-3-4-11(18-9)8-17(2)13-12(14)10(7-15)5-6-16-13/h3-6H,7-8,15H2,1-2H3. The summed E-state index contributed by atoms with van der Waals surface area (Å²) in [6.45, 7) is 2.50. The largest absolute Gasteiger partial charge is 0.464 e. The second-order valence-corrected chi connectivity index (χ2v) is 4.18. The topological polar surface area (TPSA) is 55.3 Å². The van der Waals surface area contributed by atoms with Crippen molar-refractivity contribution in [3.8, 4) is 0 Å². The Labute approximate surface area is 105 Å². The van der Waals surface area contributed by atoms with Gasteiger partial charge in [-0.2, -0.15) is 0 Å². The maximum Gasteiger partial charge on any atom is 0.170 e. The highest BCUT2D eigenvalue weighted by Crippen LogP contribution is 2.20. The third-order valence-electron chi connectivity index (χ3n) is 2.72. The zero-order chi connectivity index (χ0) is 13.1. The molecule has 2 N–H and O–H groups in total. The SMILES string of the molecule is Cc1ccc(CN(C)c2nccc(CN)c2F)o1. The van der Waals surface area contributed by atoms with E-state index >= 15 is 0 Å². The van der Waals surface area contributed by atoms with Crippen LogP contribution in [0.4, 0.5) is 10.2 Å². The molecule has 0 aliphatic heterocycles. The normalized spacial score (nSPS) is 10.7. The van der Waals surface area contributed by atoms with Crippen molar-refractivity contribution in [3.63, 3.8) is 0 Å². The summed E-state index contributed by atoms with van der Waals surface area (Å²) in [5, 5.41) is 0. The van der Waals surface area contributed by atoms with Crippen LogP contribution in [-0.4, -0.2) is 12.0 Å². The molecule has 2 rings (SSSR count). The fourth-order valence-electron chi connectivity index (χ4n) is 1.77. The van der Waals surface area contributed by atoms with E-state index in [9.17, 15) is 4.39 Å². The number of nitrogens with two attached hydrogens (primary N) is 1. The van der Waals surface area contributed by atoms with Gasteiger partial charge in [0.05, 0.1) is 6.54 Å². The zero-order valence-electron chi connectivity index (χ0n) is 10.5. The van der Waals surface area contributed by atoms with Gasteiger partial charge in [-0.15, -0.1) is 0 Å². The lowest BCUT2D eigenvalue weighted by Gasteiger charge is -2.18. The van der Waals surface area contributed by atoms with Crippen LogP contribution < -0.4 is 10.6 Å². The number of nitrogens with zero attached hydrogens (tertiary/aromatic N) is 2. The van der Waals surface area contributed by atoms with Crippen molar-refractivity contribution in [1.82, 2.24) is 4.98 Å². The summed E-state index contributed by atoms with van der Waals surface area (Å²) >= 11 is 0. The Hall–Kier alpha value is -1.88. The fourth-order valence-corrected chi connectivity index (χ4v) is 1.77. The zero-order valence-corrected chi connectivity index (χ0v) is 10.5. The first-order chi connectivity index (χ1) is 8.61. The van der Waals surface area contributed by atoms with Crippen molar-refractivity contribution in [2.75, 3.05) is 11.9 Å². The Morgan fingerprint density at radius 3 is 2.78 bits per heavy atom. The van der Waals surface area contributed by atoms with Gasteiger partial charge >= 0.3 is 0 Å². The maximum atomic E-state index is 14.0. The highest BCUT2D eigenvalue weighted by molar-refractivity contribution is 5.42. The molecular weight excluding hydrogens is 233 g/mol. The molecule has 0 bridgehead atoms. The highest BCUT2D eigenvalue weighted by Gasteiger charge is 2.13. The Morgan fingerprint density at radius 1 is 1.39 bits per heavy atom. The predicted molar refractivity (Wildman–Crippen MR) is 67.6 cm³/mol. The minimum Gasteiger partial charge on any atom is -0.464 e. The van der Waals surface area contributed by atoms with Gasteiger partial charge in [-0.3, -0.25) is 0 Å². The van der Waals surface area contributed by atoms with Crippen molar-refractivity contribution in [3.05, 3.63) is 47.3 Å². The van der Waals surface area contributed by atoms with Crippen molar-refractivity contribution in [2.45, 2.75) is 20.0 Å². The molecule has 96 valence electrons. The molecule has 0 atom stereocenters. The molecule has 2 aromatic heterocycles. The first-order valence-electron chi connectivity index (χ1n) is 5.71. The van der Waals surface area contributed by atoms with E-state index in [-0.39, 0.29) is 18.2 Å². The lowest BCUT2D eigenvalue weighted by molar-refractivity contribution is 0.479. The molecule has 0 aliphatic rings. The van der Waals surface area contributed by atoms with Crippen LogP contribution in [0.25, 0.3) is 0 Å². The van der Waals surface area contributed by atoms with Gasteiger partial charge in [-0.1, -0.05) is 0 Å². The molecule has 5 heteroatoms. The van der Waals surface area contributed by atoms with Gasteiger partial charge in [-0.25, -0.2) is 9.37 Å². The molecule has 4 nitrogen and oxygen atoms in total. The van der Waals surface area contributed by atoms with Gasteiger partial charge in [0.15, 0.2) is 11.6 Å². The maximum absolute atomic E-state index is 14.0. The van der Waals surface area contributed by atoms with Crippen LogP contribution in [0.5, 0.6) is 0 Å². The average molecular weight is 249 g/mol. The molecule has 0 fully saturated rings. The Kier molecular flexibility index (Phi) is 3.62. The fraction of sp³-hybridized carbons (Fsp3) is 0.308. The van der Waals surface area contributed by atoms with Gasteiger partial charge in [0.2, 0.25) is 0 Å². The molecule has 0 amide bonds.